The zero-order valence-electron chi connectivity index (χ0n) is 12.6. The quantitative estimate of drug-likeness (QED) is 0.623. The lowest BCUT2D eigenvalue weighted by Crippen LogP contribution is -2.42. The average Bonchev–Trinajstić information content (AvgIpc) is 2.45. The second kappa shape index (κ2) is 9.02. The van der Waals surface area contributed by atoms with Crippen molar-refractivity contribution >= 4 is 49.7 Å². The number of carboxylic acid groups (broad SMARTS) is 1. The van der Waals surface area contributed by atoms with Gasteiger partial charge in [-0.05, 0) is 31.5 Å². The molecule has 0 aromatic heterocycles. The SMILES string of the molecule is CCOC(=O)[C@@H](C)C[C@H](NC(=O)c1cc(Br)cc(Br)c1)C(=O)O. The van der Waals surface area contributed by atoms with E-state index >= 15 is 0 Å². The molecule has 126 valence electrons. The van der Waals surface area contributed by atoms with E-state index in [4.69, 9.17) is 4.74 Å². The Morgan fingerprint density at radius 2 is 1.78 bits per heavy atom. The molecule has 8 heteroatoms. The molecule has 1 aromatic rings. The Morgan fingerprint density at radius 1 is 1.22 bits per heavy atom. The number of carbonyl (C=O) groups is 3. The van der Waals surface area contributed by atoms with Crippen LogP contribution in [0.5, 0.6) is 0 Å². The maximum Gasteiger partial charge on any atom is 0.326 e. The Bertz CT molecular complexity index is 585. The van der Waals surface area contributed by atoms with E-state index < -0.39 is 29.8 Å². The maximum absolute atomic E-state index is 12.2. The number of carbonyl (C=O) groups excluding carboxylic acids is 2. The van der Waals surface area contributed by atoms with Crippen molar-refractivity contribution in [2.75, 3.05) is 6.61 Å². The number of ether oxygens (including phenoxy) is 1. The summed E-state index contributed by atoms with van der Waals surface area (Å²) < 4.78 is 6.22. The second-order valence-electron chi connectivity index (χ2n) is 4.91. The number of esters is 1. The summed E-state index contributed by atoms with van der Waals surface area (Å²) in [4.78, 5) is 35.1. The van der Waals surface area contributed by atoms with Gasteiger partial charge in [0.1, 0.15) is 6.04 Å². The van der Waals surface area contributed by atoms with Gasteiger partial charge in [-0.25, -0.2) is 4.79 Å². The molecule has 0 saturated carbocycles. The summed E-state index contributed by atoms with van der Waals surface area (Å²) in [6, 6.07) is 3.73. The van der Waals surface area contributed by atoms with Crippen LogP contribution in [0.1, 0.15) is 30.6 Å². The fourth-order valence-corrected chi connectivity index (χ4v) is 3.18. The molecule has 2 N–H and O–H groups in total. The fourth-order valence-electron chi connectivity index (χ4n) is 1.88. The Hall–Kier alpha value is -1.41. The number of halogens is 2. The molecule has 0 spiro atoms. The molecule has 0 aliphatic heterocycles. The number of nitrogens with one attached hydrogen (secondary N) is 1. The van der Waals surface area contributed by atoms with Crippen LogP contribution in [-0.4, -0.2) is 35.6 Å². The van der Waals surface area contributed by atoms with Gasteiger partial charge in [-0.3, -0.25) is 9.59 Å². The number of benzene rings is 1. The molecule has 6 nitrogen and oxygen atoms in total. The van der Waals surface area contributed by atoms with E-state index in [1.165, 1.54) is 0 Å². The maximum atomic E-state index is 12.2. The van der Waals surface area contributed by atoms with Crippen LogP contribution in [0.25, 0.3) is 0 Å². The van der Waals surface area contributed by atoms with E-state index in [2.05, 4.69) is 37.2 Å². The summed E-state index contributed by atoms with van der Waals surface area (Å²) >= 11 is 6.53. The molecule has 0 unspecified atom stereocenters. The molecule has 0 heterocycles. The summed E-state index contributed by atoms with van der Waals surface area (Å²) in [5.41, 5.74) is 0.307. The highest BCUT2D eigenvalue weighted by Gasteiger charge is 2.27. The number of hydrogen-bond acceptors (Lipinski definition) is 4. The average molecular weight is 451 g/mol. The Balaban J connectivity index is 2.81. The normalized spacial score (nSPS) is 13.0. The first-order chi connectivity index (χ1) is 10.7. The fraction of sp³-hybridized carbons (Fsp3) is 0.400. The van der Waals surface area contributed by atoms with Gasteiger partial charge in [0.25, 0.3) is 5.91 Å². The molecule has 0 bridgehead atoms. The third-order valence-corrected chi connectivity index (χ3v) is 3.92. The molecule has 1 aromatic carbocycles. The van der Waals surface area contributed by atoms with Gasteiger partial charge in [-0.1, -0.05) is 38.8 Å². The van der Waals surface area contributed by atoms with E-state index in [0.717, 1.165) is 0 Å². The van der Waals surface area contributed by atoms with Gasteiger partial charge in [0.2, 0.25) is 0 Å². The van der Waals surface area contributed by atoms with Gasteiger partial charge in [0.15, 0.2) is 0 Å². The molecule has 0 aliphatic carbocycles. The van der Waals surface area contributed by atoms with Crippen molar-refractivity contribution in [3.63, 3.8) is 0 Å². The zero-order valence-corrected chi connectivity index (χ0v) is 15.8. The zero-order chi connectivity index (χ0) is 17.6. The van der Waals surface area contributed by atoms with Crippen molar-refractivity contribution in [2.45, 2.75) is 26.3 Å². The van der Waals surface area contributed by atoms with Crippen LogP contribution in [0.4, 0.5) is 0 Å². The summed E-state index contributed by atoms with van der Waals surface area (Å²) in [5, 5.41) is 11.7. The van der Waals surface area contributed by atoms with Crippen LogP contribution >= 0.6 is 31.9 Å². The minimum absolute atomic E-state index is 0.0465. The highest BCUT2D eigenvalue weighted by atomic mass is 79.9. The molecule has 0 fully saturated rings. The lowest BCUT2D eigenvalue weighted by atomic mass is 10.0. The van der Waals surface area contributed by atoms with Crippen molar-refractivity contribution in [2.24, 2.45) is 5.92 Å². The Labute approximate surface area is 150 Å². The summed E-state index contributed by atoms with van der Waals surface area (Å²) in [7, 11) is 0. The monoisotopic (exact) mass is 449 g/mol. The van der Waals surface area contributed by atoms with Crippen molar-refractivity contribution in [3.05, 3.63) is 32.7 Å². The van der Waals surface area contributed by atoms with Crippen LogP contribution in [0.15, 0.2) is 27.1 Å². The topological polar surface area (TPSA) is 92.7 Å². The smallest absolute Gasteiger partial charge is 0.326 e. The van der Waals surface area contributed by atoms with E-state index in [0.29, 0.717) is 14.5 Å². The van der Waals surface area contributed by atoms with Gasteiger partial charge >= 0.3 is 11.9 Å². The van der Waals surface area contributed by atoms with Gasteiger partial charge in [-0.2, -0.15) is 0 Å². The van der Waals surface area contributed by atoms with E-state index in [9.17, 15) is 19.5 Å². The van der Waals surface area contributed by atoms with E-state index in [1.54, 1.807) is 32.0 Å². The molecule has 23 heavy (non-hydrogen) atoms. The van der Waals surface area contributed by atoms with E-state index in [-0.39, 0.29) is 13.0 Å². The standard InChI is InChI=1S/C15H17Br2NO5/c1-3-23-15(22)8(2)4-12(14(20)21)18-13(19)9-5-10(16)7-11(17)6-9/h5-8,12H,3-4H2,1-2H3,(H,18,19)(H,20,21)/t8-,12-/m0/s1. The summed E-state index contributed by atoms with van der Waals surface area (Å²) in [6.45, 7) is 3.46. The molecule has 0 radical (unpaired) electrons. The highest BCUT2D eigenvalue weighted by molar-refractivity contribution is 9.11. The number of amides is 1. The largest absolute Gasteiger partial charge is 0.480 e. The molecule has 0 saturated heterocycles. The molecule has 2 atom stereocenters. The van der Waals surface area contributed by atoms with Crippen LogP contribution in [0.3, 0.4) is 0 Å². The molecule has 1 rings (SSSR count). The number of aliphatic carboxylic acids is 1. The predicted octanol–water partition coefficient (Wildman–Crippen LogP) is 2.98. The number of hydrogen-bond donors (Lipinski definition) is 2. The summed E-state index contributed by atoms with van der Waals surface area (Å²) in [6.07, 6.45) is -0.0465. The molecule has 1 amide bonds. The van der Waals surface area contributed by atoms with Crippen molar-refractivity contribution in [1.82, 2.24) is 5.32 Å². The highest BCUT2D eigenvalue weighted by Crippen LogP contribution is 2.20. The minimum atomic E-state index is -1.21. The van der Waals surface area contributed by atoms with Crippen molar-refractivity contribution in [1.29, 1.82) is 0 Å². The predicted molar refractivity (Wildman–Crippen MR) is 91.1 cm³/mol. The van der Waals surface area contributed by atoms with E-state index in [1.807, 2.05) is 0 Å². The third-order valence-electron chi connectivity index (χ3n) is 3.01. The number of carboxylic acids is 1. The van der Waals surface area contributed by atoms with Gasteiger partial charge < -0.3 is 15.2 Å². The van der Waals surface area contributed by atoms with Crippen LogP contribution in [-0.2, 0) is 14.3 Å². The van der Waals surface area contributed by atoms with Gasteiger partial charge in [-0.15, -0.1) is 0 Å². The third kappa shape index (κ3) is 6.31. The first kappa shape index (κ1) is 19.6. The van der Waals surface area contributed by atoms with Crippen molar-refractivity contribution in [3.8, 4) is 0 Å². The van der Waals surface area contributed by atoms with Gasteiger partial charge in [0.05, 0.1) is 12.5 Å². The first-order valence-electron chi connectivity index (χ1n) is 6.91. The number of rotatable bonds is 7. The summed E-state index contributed by atoms with van der Waals surface area (Å²) in [5.74, 6) is -2.86. The second-order valence-corrected chi connectivity index (χ2v) is 6.74. The molecular weight excluding hydrogens is 434 g/mol. The lowest BCUT2D eigenvalue weighted by molar-refractivity contribution is -0.148. The van der Waals surface area contributed by atoms with Crippen LogP contribution in [0.2, 0.25) is 0 Å². The van der Waals surface area contributed by atoms with Crippen molar-refractivity contribution < 1.29 is 24.2 Å². The Kier molecular flexibility index (Phi) is 7.70. The minimum Gasteiger partial charge on any atom is -0.480 e. The Morgan fingerprint density at radius 3 is 2.26 bits per heavy atom. The molecule has 0 aliphatic rings. The van der Waals surface area contributed by atoms with Gasteiger partial charge in [0, 0.05) is 14.5 Å². The molecular formula is C15H17Br2NO5. The van der Waals surface area contributed by atoms with Crippen LogP contribution < -0.4 is 5.32 Å². The van der Waals surface area contributed by atoms with Crippen LogP contribution in [0, 0.1) is 5.92 Å². The first-order valence-corrected chi connectivity index (χ1v) is 8.49. The lowest BCUT2D eigenvalue weighted by Gasteiger charge is -2.18.